The average Bonchev–Trinajstić information content (AvgIpc) is 3.40. The normalized spacial score (nSPS) is 22.8. The Balaban J connectivity index is 1.54. The van der Waals surface area contributed by atoms with Crippen molar-refractivity contribution in [3.63, 3.8) is 0 Å². The number of aryl methyl sites for hydroxylation is 2. The summed E-state index contributed by atoms with van der Waals surface area (Å²) in [5, 5.41) is 11.9. The Labute approximate surface area is 325 Å². The van der Waals surface area contributed by atoms with Crippen LogP contribution in [0.15, 0.2) is 16.9 Å². The first-order valence-corrected chi connectivity index (χ1v) is 21.4. The van der Waals surface area contributed by atoms with Gasteiger partial charge in [-0.2, -0.15) is 4.31 Å². The van der Waals surface area contributed by atoms with Crippen molar-refractivity contribution in [1.29, 1.82) is 0 Å². The van der Waals surface area contributed by atoms with Crippen LogP contribution < -0.4 is 21.3 Å². The Morgan fingerprint density at radius 3 is 2.28 bits per heavy atom. The van der Waals surface area contributed by atoms with Gasteiger partial charge in [-0.25, -0.2) is 18.2 Å². The minimum atomic E-state index is -3.87. The van der Waals surface area contributed by atoms with Crippen LogP contribution in [-0.2, 0) is 29.2 Å². The van der Waals surface area contributed by atoms with Crippen molar-refractivity contribution < 1.29 is 32.4 Å². The number of urea groups is 1. The van der Waals surface area contributed by atoms with Gasteiger partial charge in [0, 0.05) is 32.7 Å². The fourth-order valence-corrected chi connectivity index (χ4v) is 11.2. The maximum absolute atomic E-state index is 14.5. The molecule has 302 valence electrons. The number of ketones is 1. The molecule has 16 heteroatoms. The molecule has 4 N–H and O–H groups in total. The number of Topliss-reactive ketones (excluding diaryl/α,β-unsaturated/α-hetero) is 1. The van der Waals surface area contributed by atoms with Crippen LogP contribution in [0.4, 0.5) is 4.79 Å². The number of nitrogens with one attached hydrogen (secondary N) is 4. The van der Waals surface area contributed by atoms with Crippen LogP contribution in [0.1, 0.15) is 97.2 Å². The van der Waals surface area contributed by atoms with Crippen LogP contribution in [0, 0.1) is 42.4 Å². The number of piperidine rings is 1. The smallest absolute Gasteiger partial charge is 0.315 e. The van der Waals surface area contributed by atoms with Gasteiger partial charge in [0.2, 0.25) is 17.6 Å². The van der Waals surface area contributed by atoms with E-state index in [1.54, 1.807) is 13.8 Å². The highest BCUT2D eigenvalue weighted by Gasteiger charge is 2.70. The number of sulfonamides is 1. The largest absolute Gasteiger partial charge is 0.346 e. The van der Waals surface area contributed by atoms with E-state index in [4.69, 9.17) is 0 Å². The number of hydrogen-bond acceptors (Lipinski definition) is 9. The van der Waals surface area contributed by atoms with Crippen molar-refractivity contribution in [1.82, 2.24) is 35.5 Å². The van der Waals surface area contributed by atoms with E-state index < -0.39 is 69.1 Å². The first kappa shape index (κ1) is 43.4. The molecule has 14 nitrogen and oxygen atoms in total. The molecule has 3 aliphatic rings. The number of carbonyl (C=O) groups excluding carboxylic acids is 5. The lowest BCUT2D eigenvalue weighted by atomic mass is 9.83. The average molecular weight is 792 g/mol. The van der Waals surface area contributed by atoms with Crippen molar-refractivity contribution in [2.75, 3.05) is 26.7 Å². The Morgan fingerprint density at radius 2 is 1.72 bits per heavy atom. The third-order valence-electron chi connectivity index (χ3n) is 11.5. The molecule has 0 bridgehead atoms. The highest BCUT2D eigenvalue weighted by atomic mass is 32.2. The quantitative estimate of drug-likeness (QED) is 0.144. The maximum atomic E-state index is 14.5. The van der Waals surface area contributed by atoms with Gasteiger partial charge in [0.15, 0.2) is 4.21 Å². The first-order chi connectivity index (χ1) is 25.2. The molecule has 2 heterocycles. The van der Waals surface area contributed by atoms with Crippen molar-refractivity contribution in [3.05, 3.63) is 23.4 Å². The van der Waals surface area contributed by atoms with Crippen LogP contribution in [-0.4, -0.2) is 103 Å². The number of nitrogens with zero attached hydrogens (tertiary/aromatic N) is 3. The number of fused-ring (bicyclic) bond motifs is 1. The van der Waals surface area contributed by atoms with Gasteiger partial charge in [0.25, 0.3) is 15.9 Å². The second kappa shape index (κ2) is 17.2. The first-order valence-electron chi connectivity index (χ1n) is 19.2. The van der Waals surface area contributed by atoms with Crippen molar-refractivity contribution >= 4 is 50.9 Å². The van der Waals surface area contributed by atoms with Crippen molar-refractivity contribution in [3.8, 4) is 0 Å². The number of rotatable bonds is 16. The number of amides is 5. The predicted octanol–water partition coefficient (Wildman–Crippen LogP) is 3.68. The summed E-state index contributed by atoms with van der Waals surface area (Å²) in [6.07, 6.45) is 6.92. The monoisotopic (exact) mass is 791 g/mol. The summed E-state index contributed by atoms with van der Waals surface area (Å²) in [5.41, 5.74) is -0.557. The molecule has 0 spiro atoms. The summed E-state index contributed by atoms with van der Waals surface area (Å²) >= 11 is 1.12. The molecule has 1 aromatic rings. The summed E-state index contributed by atoms with van der Waals surface area (Å²) in [6.45, 7) is 18.9. The standard InChI is InChI=1S/C38H61N7O7S2/c1-11-16-26(30(46)33(48)39-19-12-2)41-32(47)29-28-25(38(28,8)9)20-45(29)34(49)31(37(5,6)7)43-36(50)42-27(24-17-14-13-15-18-24)21-44(10)54(51,52)35-22(3)40-23(4)53-35/h12,24-29,31H,2,11,13-21H2,1,3-10H3,(H,39,48)(H,41,47)(H2,42,43,50)/t25-,26?,27+,28-,29-,31+/m0/s1. The number of likely N-dealkylation sites (N-methyl/N-ethyl adjacent to an activating group) is 1. The molecule has 4 rings (SSSR count). The molecule has 6 atom stereocenters. The van der Waals surface area contributed by atoms with E-state index in [2.05, 4.69) is 46.7 Å². The van der Waals surface area contributed by atoms with Gasteiger partial charge < -0.3 is 26.2 Å². The van der Waals surface area contributed by atoms with E-state index in [0.29, 0.717) is 23.7 Å². The number of likely N-dealkylation sites (tertiary alicyclic amines) is 1. The fourth-order valence-electron chi connectivity index (χ4n) is 8.31. The predicted molar refractivity (Wildman–Crippen MR) is 208 cm³/mol. The van der Waals surface area contributed by atoms with Crippen LogP contribution in [0.2, 0.25) is 0 Å². The molecule has 3 fully saturated rings. The number of thiazole rings is 1. The molecular weight excluding hydrogens is 731 g/mol. The molecule has 0 aromatic carbocycles. The molecule has 2 saturated carbocycles. The highest BCUT2D eigenvalue weighted by molar-refractivity contribution is 7.91. The molecule has 1 unspecified atom stereocenters. The molecule has 2 aliphatic carbocycles. The Bertz CT molecular complexity index is 1700. The molecule has 1 aliphatic heterocycles. The van der Waals surface area contributed by atoms with E-state index in [9.17, 15) is 32.4 Å². The Morgan fingerprint density at radius 1 is 1.07 bits per heavy atom. The zero-order chi connectivity index (χ0) is 40.3. The van der Waals surface area contributed by atoms with Gasteiger partial charge in [0.05, 0.1) is 16.7 Å². The summed E-state index contributed by atoms with van der Waals surface area (Å²) in [4.78, 5) is 74.0. The number of carbonyl (C=O) groups is 5. The number of hydrogen-bond donors (Lipinski definition) is 4. The summed E-state index contributed by atoms with van der Waals surface area (Å²) in [7, 11) is -2.36. The van der Waals surface area contributed by atoms with Gasteiger partial charge in [0.1, 0.15) is 12.1 Å². The van der Waals surface area contributed by atoms with Gasteiger partial charge in [-0.15, -0.1) is 17.9 Å². The second-order valence-corrected chi connectivity index (χ2v) is 20.4. The molecular formula is C38H61N7O7S2. The molecule has 0 radical (unpaired) electrons. The lowest BCUT2D eigenvalue weighted by Crippen LogP contribution is -2.62. The maximum Gasteiger partial charge on any atom is 0.315 e. The van der Waals surface area contributed by atoms with Gasteiger partial charge in [-0.05, 0) is 61.7 Å². The second-order valence-electron chi connectivity index (χ2n) is 16.9. The van der Waals surface area contributed by atoms with Crippen LogP contribution >= 0.6 is 11.3 Å². The van der Waals surface area contributed by atoms with Gasteiger partial charge in [-0.3, -0.25) is 19.2 Å². The fraction of sp³-hybridized carbons (Fsp3) is 0.737. The van der Waals surface area contributed by atoms with Crippen LogP contribution in [0.3, 0.4) is 0 Å². The van der Waals surface area contributed by atoms with E-state index >= 15 is 0 Å². The minimum Gasteiger partial charge on any atom is -0.346 e. The Kier molecular flexibility index (Phi) is 13.8. The zero-order valence-electron chi connectivity index (χ0n) is 33.4. The van der Waals surface area contributed by atoms with E-state index in [1.807, 2.05) is 27.7 Å². The summed E-state index contributed by atoms with van der Waals surface area (Å²) < 4.78 is 28.7. The molecule has 5 amide bonds. The van der Waals surface area contributed by atoms with Crippen LogP contribution in [0.5, 0.6) is 0 Å². The number of aromatic nitrogens is 1. The van der Waals surface area contributed by atoms with Crippen molar-refractivity contribution in [2.45, 2.75) is 129 Å². The van der Waals surface area contributed by atoms with E-state index in [-0.39, 0.29) is 46.9 Å². The topological polar surface area (TPSA) is 187 Å². The third kappa shape index (κ3) is 9.52. The molecule has 1 saturated heterocycles. The highest BCUT2D eigenvalue weighted by Crippen LogP contribution is 2.65. The SMILES string of the molecule is C=CCNC(=O)C(=O)C(CCC)NC(=O)[C@@H]1[C@@H]2[C@H](CN1C(=O)[C@@H](NC(=O)N[C@H](CN(C)S(=O)(=O)c1sc(C)nc1C)C1CCCCC1)C(C)(C)C)C2(C)C. The lowest BCUT2D eigenvalue weighted by Gasteiger charge is -2.38. The van der Waals surface area contributed by atoms with E-state index in [0.717, 1.165) is 43.4 Å². The third-order valence-corrected chi connectivity index (χ3v) is 15.0. The van der Waals surface area contributed by atoms with Gasteiger partial charge >= 0.3 is 6.03 Å². The molecule has 1 aromatic heterocycles. The van der Waals surface area contributed by atoms with Gasteiger partial charge in [-0.1, -0.05) is 73.3 Å². The lowest BCUT2D eigenvalue weighted by molar-refractivity contribution is -0.145. The zero-order valence-corrected chi connectivity index (χ0v) is 35.0. The van der Waals surface area contributed by atoms with E-state index in [1.165, 1.54) is 22.3 Å². The minimum absolute atomic E-state index is 0.0360. The molecule has 54 heavy (non-hydrogen) atoms. The summed E-state index contributed by atoms with van der Waals surface area (Å²) in [6, 6.07) is -4.12. The Hall–Kier alpha value is -3.37. The van der Waals surface area contributed by atoms with Crippen LogP contribution in [0.25, 0.3) is 0 Å². The summed E-state index contributed by atoms with van der Waals surface area (Å²) in [5.74, 6) is -2.59. The van der Waals surface area contributed by atoms with Crippen molar-refractivity contribution in [2.24, 2.45) is 28.6 Å².